The fourth-order valence-electron chi connectivity index (χ4n) is 2.64. The maximum absolute atomic E-state index is 12.9. The van der Waals surface area contributed by atoms with Crippen molar-refractivity contribution in [3.63, 3.8) is 0 Å². The summed E-state index contributed by atoms with van der Waals surface area (Å²) in [5.41, 5.74) is 0.428. The van der Waals surface area contributed by atoms with Gasteiger partial charge in [-0.15, -0.1) is 11.3 Å². The number of hydrogen-bond acceptors (Lipinski definition) is 5. The molecule has 6 nitrogen and oxygen atoms in total. The van der Waals surface area contributed by atoms with Crippen molar-refractivity contribution in [2.24, 2.45) is 0 Å². The first-order chi connectivity index (χ1) is 13.4. The second-order valence-corrected chi connectivity index (χ2v) is 7.36. The molecule has 2 aromatic rings. The van der Waals surface area contributed by atoms with E-state index in [0.29, 0.717) is 27.3 Å². The third kappa shape index (κ3) is 5.56. The van der Waals surface area contributed by atoms with E-state index in [2.05, 4.69) is 0 Å². The van der Waals surface area contributed by atoms with E-state index in [1.54, 1.807) is 36.1 Å². The largest absolute Gasteiger partial charge is 0.463 e. The van der Waals surface area contributed by atoms with Crippen molar-refractivity contribution >= 4 is 47.0 Å². The van der Waals surface area contributed by atoms with E-state index in [1.165, 1.54) is 10.6 Å². The molecule has 1 aromatic carbocycles. The minimum atomic E-state index is -0.554. The Labute approximate surface area is 172 Å². The number of amides is 1. The Bertz CT molecular complexity index is 1020. The van der Waals surface area contributed by atoms with Gasteiger partial charge in [-0.25, -0.2) is 4.79 Å². The van der Waals surface area contributed by atoms with E-state index in [4.69, 9.17) is 16.3 Å². The Hall–Kier alpha value is -2.38. The van der Waals surface area contributed by atoms with Gasteiger partial charge in [0.15, 0.2) is 0 Å². The first-order valence-electron chi connectivity index (χ1n) is 9.02. The van der Waals surface area contributed by atoms with Crippen molar-refractivity contribution < 1.29 is 14.3 Å². The molecule has 2 rings (SSSR count). The molecule has 0 atom stereocenters. The van der Waals surface area contributed by atoms with Gasteiger partial charge in [0.25, 0.3) is 5.56 Å². The molecule has 0 bridgehead atoms. The Morgan fingerprint density at radius 2 is 1.96 bits per heavy atom. The van der Waals surface area contributed by atoms with Crippen LogP contribution in [0.4, 0.5) is 0 Å². The summed E-state index contributed by atoms with van der Waals surface area (Å²) in [7, 11) is 0. The van der Waals surface area contributed by atoms with E-state index in [0.717, 1.165) is 16.9 Å². The number of aromatic nitrogens is 1. The fraction of sp³-hybridized carbons (Fsp3) is 0.350. The molecule has 0 unspecified atom stereocenters. The zero-order valence-electron chi connectivity index (χ0n) is 16.1. The summed E-state index contributed by atoms with van der Waals surface area (Å²) in [6, 6.07) is 7.09. The molecule has 0 N–H and O–H groups in total. The standard InChI is InChI=1S/C20H23ClN2O4S/c1-4-22(5-2)17(24)13-23-18(12-19(25)27-6-3)28-16(20(23)26)11-14-8-7-9-15(21)10-14/h7-12H,4-6,13H2,1-3H3/b16-11-,18-12-. The molecule has 0 saturated heterocycles. The van der Waals surface area contributed by atoms with Crippen LogP contribution in [0.25, 0.3) is 12.2 Å². The van der Waals surface area contributed by atoms with Gasteiger partial charge in [-0.3, -0.25) is 14.2 Å². The highest BCUT2D eigenvalue weighted by Gasteiger charge is 2.14. The molecule has 0 radical (unpaired) electrons. The van der Waals surface area contributed by atoms with Crippen LogP contribution < -0.4 is 14.8 Å². The summed E-state index contributed by atoms with van der Waals surface area (Å²) in [4.78, 5) is 39.0. The lowest BCUT2D eigenvalue weighted by molar-refractivity contribution is -0.135. The molecule has 0 fully saturated rings. The highest BCUT2D eigenvalue weighted by molar-refractivity contribution is 7.07. The van der Waals surface area contributed by atoms with Crippen molar-refractivity contribution in [3.05, 3.63) is 54.4 Å². The quantitative estimate of drug-likeness (QED) is 0.635. The van der Waals surface area contributed by atoms with Crippen LogP contribution in [0.15, 0.2) is 29.1 Å². The number of rotatable bonds is 7. The van der Waals surface area contributed by atoms with Crippen LogP contribution in [0.5, 0.6) is 0 Å². The lowest BCUT2D eigenvalue weighted by Crippen LogP contribution is -2.40. The zero-order valence-corrected chi connectivity index (χ0v) is 17.7. The van der Waals surface area contributed by atoms with Crippen LogP contribution in [0, 0.1) is 0 Å². The molecule has 0 aliphatic heterocycles. The molecule has 8 heteroatoms. The average molecular weight is 423 g/mol. The third-order valence-corrected chi connectivity index (χ3v) is 5.32. The van der Waals surface area contributed by atoms with E-state index >= 15 is 0 Å². The number of thiazole rings is 1. The number of likely N-dealkylation sites (N-methyl/N-ethyl adjacent to an activating group) is 1. The van der Waals surface area contributed by atoms with Crippen molar-refractivity contribution in [2.75, 3.05) is 19.7 Å². The van der Waals surface area contributed by atoms with E-state index in [9.17, 15) is 14.4 Å². The van der Waals surface area contributed by atoms with Crippen LogP contribution in [0.3, 0.4) is 0 Å². The predicted octanol–water partition coefficient (Wildman–Crippen LogP) is 1.60. The van der Waals surface area contributed by atoms with Gasteiger partial charge in [-0.2, -0.15) is 0 Å². The molecular formula is C20H23ClN2O4S. The van der Waals surface area contributed by atoms with Crippen LogP contribution in [0.2, 0.25) is 5.02 Å². The number of hydrogen-bond donors (Lipinski definition) is 0. The lowest BCUT2D eigenvalue weighted by Gasteiger charge is -2.18. The highest BCUT2D eigenvalue weighted by Crippen LogP contribution is 2.10. The summed E-state index contributed by atoms with van der Waals surface area (Å²) in [5, 5.41) is 0.556. The highest BCUT2D eigenvalue weighted by atomic mass is 35.5. The summed E-state index contributed by atoms with van der Waals surface area (Å²) in [5.74, 6) is -0.736. The smallest absolute Gasteiger partial charge is 0.333 e. The second kappa shape index (κ2) is 10.2. The average Bonchev–Trinajstić information content (AvgIpc) is 2.91. The van der Waals surface area contributed by atoms with E-state index in [1.807, 2.05) is 19.9 Å². The number of carbonyl (C=O) groups excluding carboxylic acids is 2. The molecule has 1 amide bonds. The normalized spacial score (nSPS) is 12.3. The van der Waals surface area contributed by atoms with E-state index < -0.39 is 5.97 Å². The van der Waals surface area contributed by atoms with Gasteiger partial charge in [0, 0.05) is 18.1 Å². The van der Waals surface area contributed by atoms with Crippen LogP contribution in [-0.4, -0.2) is 41.0 Å². The first-order valence-corrected chi connectivity index (χ1v) is 10.2. The van der Waals surface area contributed by atoms with Gasteiger partial charge in [-0.05, 0) is 44.5 Å². The zero-order chi connectivity index (χ0) is 20.7. The molecule has 1 aromatic heterocycles. The Kier molecular flexibility index (Phi) is 8.02. The summed E-state index contributed by atoms with van der Waals surface area (Å²) < 4.78 is 7.05. The summed E-state index contributed by atoms with van der Waals surface area (Å²) in [6.45, 7) is 6.65. The SMILES string of the molecule is CCOC(=O)/C=c1\s/c(=C\c2cccc(Cl)c2)c(=O)n1CC(=O)N(CC)CC. The maximum Gasteiger partial charge on any atom is 0.333 e. The molecule has 1 heterocycles. The Morgan fingerprint density at radius 1 is 1.25 bits per heavy atom. The number of esters is 1. The van der Waals surface area contributed by atoms with Crippen molar-refractivity contribution in [1.82, 2.24) is 9.47 Å². The lowest BCUT2D eigenvalue weighted by atomic mass is 10.2. The van der Waals surface area contributed by atoms with Gasteiger partial charge < -0.3 is 9.64 Å². The topological polar surface area (TPSA) is 68.6 Å². The van der Waals surface area contributed by atoms with Gasteiger partial charge >= 0.3 is 5.97 Å². The molecular weight excluding hydrogens is 400 g/mol. The maximum atomic E-state index is 12.9. The molecule has 0 aliphatic carbocycles. The first kappa shape index (κ1) is 21.9. The van der Waals surface area contributed by atoms with Crippen LogP contribution >= 0.6 is 22.9 Å². The predicted molar refractivity (Wildman–Crippen MR) is 112 cm³/mol. The molecule has 0 aliphatic rings. The van der Waals surface area contributed by atoms with Gasteiger partial charge in [-0.1, -0.05) is 23.7 Å². The van der Waals surface area contributed by atoms with Crippen LogP contribution in [-0.2, 0) is 20.9 Å². The molecule has 150 valence electrons. The van der Waals surface area contributed by atoms with Gasteiger partial charge in [0.2, 0.25) is 5.91 Å². The van der Waals surface area contributed by atoms with E-state index in [-0.39, 0.29) is 24.6 Å². The number of nitrogens with zero attached hydrogens (tertiary/aromatic N) is 2. The second-order valence-electron chi connectivity index (χ2n) is 5.86. The number of carbonyl (C=O) groups is 2. The number of halogens is 1. The molecule has 0 spiro atoms. The Morgan fingerprint density at radius 3 is 2.57 bits per heavy atom. The van der Waals surface area contributed by atoms with Crippen molar-refractivity contribution in [1.29, 1.82) is 0 Å². The van der Waals surface area contributed by atoms with Crippen LogP contribution in [0.1, 0.15) is 26.3 Å². The number of ether oxygens (including phenoxy) is 1. The molecule has 28 heavy (non-hydrogen) atoms. The minimum Gasteiger partial charge on any atom is -0.463 e. The summed E-state index contributed by atoms with van der Waals surface area (Å²) in [6.07, 6.45) is 2.94. The molecule has 0 saturated carbocycles. The monoisotopic (exact) mass is 422 g/mol. The fourth-order valence-corrected chi connectivity index (χ4v) is 3.87. The van der Waals surface area contributed by atoms with Gasteiger partial charge in [0.1, 0.15) is 11.2 Å². The van der Waals surface area contributed by atoms with Crippen molar-refractivity contribution in [3.8, 4) is 0 Å². The Balaban J connectivity index is 2.58. The van der Waals surface area contributed by atoms with Crippen molar-refractivity contribution in [2.45, 2.75) is 27.3 Å². The summed E-state index contributed by atoms with van der Waals surface area (Å²) >= 11 is 7.14. The number of benzene rings is 1. The van der Waals surface area contributed by atoms with Gasteiger partial charge in [0.05, 0.1) is 17.2 Å². The third-order valence-electron chi connectivity index (χ3n) is 4.02. The minimum absolute atomic E-state index is 0.133.